The Bertz CT molecular complexity index is 312. The standard InChI is InChI=1S/C9H9ClN2/c1-11-4-2-3-8-5-9(10)7-12-6-8/h5-7,11H,4H2,1H3. The van der Waals surface area contributed by atoms with Gasteiger partial charge in [-0.05, 0) is 13.1 Å². The first-order valence-electron chi connectivity index (χ1n) is 3.57. The fraction of sp³-hybridized carbons (Fsp3) is 0.222. The van der Waals surface area contributed by atoms with Crippen LogP contribution in [0, 0.1) is 11.8 Å². The summed E-state index contributed by atoms with van der Waals surface area (Å²) in [6, 6.07) is 1.79. The van der Waals surface area contributed by atoms with Crippen LogP contribution in [0.3, 0.4) is 0 Å². The van der Waals surface area contributed by atoms with E-state index in [2.05, 4.69) is 22.1 Å². The van der Waals surface area contributed by atoms with Crippen molar-refractivity contribution in [1.29, 1.82) is 0 Å². The van der Waals surface area contributed by atoms with Crippen LogP contribution in [-0.2, 0) is 0 Å². The third-order valence-electron chi connectivity index (χ3n) is 1.20. The van der Waals surface area contributed by atoms with Crippen LogP contribution in [-0.4, -0.2) is 18.6 Å². The fourth-order valence-corrected chi connectivity index (χ4v) is 0.889. The highest BCUT2D eigenvalue weighted by Crippen LogP contribution is 2.06. The summed E-state index contributed by atoms with van der Waals surface area (Å²) in [6.07, 6.45) is 3.28. The molecule has 0 aliphatic carbocycles. The van der Waals surface area contributed by atoms with Crippen LogP contribution in [0.4, 0.5) is 0 Å². The number of pyridine rings is 1. The third-order valence-corrected chi connectivity index (χ3v) is 1.41. The summed E-state index contributed by atoms with van der Waals surface area (Å²) < 4.78 is 0. The first-order valence-corrected chi connectivity index (χ1v) is 3.95. The molecule has 2 nitrogen and oxygen atoms in total. The normalized spacial score (nSPS) is 8.83. The van der Waals surface area contributed by atoms with Gasteiger partial charge in [-0.15, -0.1) is 0 Å². The first-order chi connectivity index (χ1) is 5.83. The van der Waals surface area contributed by atoms with E-state index in [9.17, 15) is 0 Å². The molecule has 0 saturated carbocycles. The zero-order chi connectivity index (χ0) is 8.81. The Kier molecular flexibility index (Phi) is 3.59. The van der Waals surface area contributed by atoms with Gasteiger partial charge in [0.05, 0.1) is 11.6 Å². The quantitative estimate of drug-likeness (QED) is 0.660. The van der Waals surface area contributed by atoms with Crippen molar-refractivity contribution < 1.29 is 0 Å². The smallest absolute Gasteiger partial charge is 0.0601 e. The molecule has 0 fully saturated rings. The minimum atomic E-state index is 0.617. The maximum absolute atomic E-state index is 5.71. The van der Waals surface area contributed by atoms with E-state index in [1.807, 2.05) is 7.05 Å². The second kappa shape index (κ2) is 4.76. The number of rotatable bonds is 1. The van der Waals surface area contributed by atoms with E-state index < -0.39 is 0 Å². The largest absolute Gasteiger partial charge is 0.309 e. The zero-order valence-corrected chi connectivity index (χ0v) is 7.52. The van der Waals surface area contributed by atoms with Crippen LogP contribution in [0.1, 0.15) is 5.56 Å². The SMILES string of the molecule is CNCC#Cc1cncc(Cl)c1. The van der Waals surface area contributed by atoms with E-state index in [4.69, 9.17) is 11.6 Å². The van der Waals surface area contributed by atoms with Crippen LogP contribution in [0.25, 0.3) is 0 Å². The number of nitrogens with zero attached hydrogens (tertiary/aromatic N) is 1. The fourth-order valence-electron chi connectivity index (χ4n) is 0.715. The van der Waals surface area contributed by atoms with Gasteiger partial charge in [-0.2, -0.15) is 0 Å². The number of nitrogens with one attached hydrogen (secondary N) is 1. The number of halogens is 1. The Hall–Kier alpha value is -1.04. The van der Waals surface area contributed by atoms with Gasteiger partial charge in [-0.3, -0.25) is 4.98 Å². The Morgan fingerprint density at radius 1 is 1.58 bits per heavy atom. The van der Waals surface area contributed by atoms with Gasteiger partial charge >= 0.3 is 0 Å². The van der Waals surface area contributed by atoms with Gasteiger partial charge in [0.1, 0.15) is 0 Å². The zero-order valence-electron chi connectivity index (χ0n) is 6.76. The lowest BCUT2D eigenvalue weighted by molar-refractivity contribution is 0.938. The number of aromatic nitrogens is 1. The van der Waals surface area contributed by atoms with Crippen molar-refractivity contribution in [2.75, 3.05) is 13.6 Å². The molecule has 0 spiro atoms. The maximum Gasteiger partial charge on any atom is 0.0601 e. The Balaban J connectivity index is 2.71. The average molecular weight is 181 g/mol. The van der Waals surface area contributed by atoms with Gasteiger partial charge in [-0.1, -0.05) is 23.4 Å². The Morgan fingerprint density at radius 2 is 2.42 bits per heavy atom. The summed E-state index contributed by atoms with van der Waals surface area (Å²) >= 11 is 5.71. The van der Waals surface area contributed by atoms with Crippen molar-refractivity contribution in [1.82, 2.24) is 10.3 Å². The van der Waals surface area contributed by atoms with E-state index in [0.29, 0.717) is 11.6 Å². The topological polar surface area (TPSA) is 24.9 Å². The third kappa shape index (κ3) is 2.91. The molecule has 0 unspecified atom stereocenters. The van der Waals surface area contributed by atoms with Crippen LogP contribution in [0.2, 0.25) is 5.02 Å². The van der Waals surface area contributed by atoms with Crippen LogP contribution in [0.15, 0.2) is 18.5 Å². The van der Waals surface area contributed by atoms with E-state index in [0.717, 1.165) is 5.56 Å². The van der Waals surface area contributed by atoms with Crippen LogP contribution >= 0.6 is 11.6 Å². The summed E-state index contributed by atoms with van der Waals surface area (Å²) in [7, 11) is 1.85. The second-order valence-electron chi connectivity index (χ2n) is 2.22. The van der Waals surface area contributed by atoms with E-state index in [1.165, 1.54) is 0 Å². The van der Waals surface area contributed by atoms with Gasteiger partial charge in [-0.25, -0.2) is 0 Å². The second-order valence-corrected chi connectivity index (χ2v) is 2.66. The lowest BCUT2D eigenvalue weighted by atomic mass is 10.3. The number of hydrogen-bond acceptors (Lipinski definition) is 2. The van der Waals surface area contributed by atoms with Crippen LogP contribution in [0.5, 0.6) is 0 Å². The van der Waals surface area contributed by atoms with E-state index in [1.54, 1.807) is 18.5 Å². The van der Waals surface area contributed by atoms with Gasteiger partial charge in [0.15, 0.2) is 0 Å². The first kappa shape index (κ1) is 9.05. The average Bonchev–Trinajstić information content (AvgIpc) is 2.05. The monoisotopic (exact) mass is 180 g/mol. The van der Waals surface area contributed by atoms with Crippen molar-refractivity contribution in [3.8, 4) is 11.8 Å². The minimum Gasteiger partial charge on any atom is -0.309 e. The predicted octanol–water partition coefficient (Wildman–Crippen LogP) is 1.31. The van der Waals surface area contributed by atoms with Crippen LogP contribution < -0.4 is 5.32 Å². The highest BCUT2D eigenvalue weighted by atomic mass is 35.5. The molecule has 0 bridgehead atoms. The summed E-state index contributed by atoms with van der Waals surface area (Å²) in [5.74, 6) is 5.85. The minimum absolute atomic E-state index is 0.617. The molecule has 1 N–H and O–H groups in total. The highest BCUT2D eigenvalue weighted by Gasteiger charge is 1.88. The Labute approximate surface area is 77.0 Å². The van der Waals surface area contributed by atoms with Gasteiger partial charge in [0.2, 0.25) is 0 Å². The van der Waals surface area contributed by atoms with Crippen molar-refractivity contribution in [2.24, 2.45) is 0 Å². The van der Waals surface area contributed by atoms with E-state index in [-0.39, 0.29) is 0 Å². The molecule has 0 saturated heterocycles. The molecule has 62 valence electrons. The molecule has 0 aliphatic rings. The lowest BCUT2D eigenvalue weighted by Crippen LogP contribution is -2.04. The highest BCUT2D eigenvalue weighted by molar-refractivity contribution is 6.30. The van der Waals surface area contributed by atoms with Gasteiger partial charge in [0, 0.05) is 18.0 Å². The summed E-state index contributed by atoms with van der Waals surface area (Å²) in [4.78, 5) is 3.91. The Morgan fingerprint density at radius 3 is 3.08 bits per heavy atom. The molecule has 1 aromatic rings. The molecule has 1 rings (SSSR count). The summed E-state index contributed by atoms with van der Waals surface area (Å²) in [5, 5.41) is 3.54. The lowest BCUT2D eigenvalue weighted by Gasteiger charge is -1.89. The molecule has 1 heterocycles. The maximum atomic E-state index is 5.71. The molecule has 0 amide bonds. The molecular weight excluding hydrogens is 172 g/mol. The van der Waals surface area contributed by atoms with Crippen molar-refractivity contribution in [2.45, 2.75) is 0 Å². The molecule has 3 heteroatoms. The summed E-state index contributed by atoms with van der Waals surface area (Å²) in [6.45, 7) is 0.673. The van der Waals surface area contributed by atoms with E-state index >= 15 is 0 Å². The molecule has 0 radical (unpaired) electrons. The summed E-state index contributed by atoms with van der Waals surface area (Å²) in [5.41, 5.74) is 0.845. The van der Waals surface area contributed by atoms with Crippen molar-refractivity contribution in [3.63, 3.8) is 0 Å². The molecule has 0 aliphatic heterocycles. The molecule has 12 heavy (non-hydrogen) atoms. The molecule has 0 aromatic carbocycles. The van der Waals surface area contributed by atoms with Crippen molar-refractivity contribution >= 4 is 11.6 Å². The molecule has 0 atom stereocenters. The molecule has 1 aromatic heterocycles. The van der Waals surface area contributed by atoms with Gasteiger partial charge in [0.25, 0.3) is 0 Å². The van der Waals surface area contributed by atoms with Gasteiger partial charge < -0.3 is 5.32 Å². The molecular formula is C9H9ClN2. The van der Waals surface area contributed by atoms with Crippen molar-refractivity contribution in [3.05, 3.63) is 29.0 Å². The number of hydrogen-bond donors (Lipinski definition) is 1. The predicted molar refractivity (Wildman–Crippen MR) is 50.1 cm³/mol.